The van der Waals surface area contributed by atoms with E-state index in [2.05, 4.69) is 0 Å². The Morgan fingerprint density at radius 3 is 2.68 bits per heavy atom. The molecule has 1 atom stereocenters. The summed E-state index contributed by atoms with van der Waals surface area (Å²) in [6.45, 7) is 3.49. The molecule has 0 aliphatic carbocycles. The third-order valence-corrected chi connectivity index (χ3v) is 4.98. The number of sulfonamides is 1. The van der Waals surface area contributed by atoms with Gasteiger partial charge < -0.3 is 0 Å². The molecule has 0 aliphatic rings. The first-order chi connectivity index (χ1) is 8.82. The second kappa shape index (κ2) is 6.33. The fourth-order valence-corrected chi connectivity index (χ4v) is 3.58. The first kappa shape index (κ1) is 15.9. The number of benzene rings is 1. The van der Waals surface area contributed by atoms with Crippen molar-refractivity contribution in [3.05, 3.63) is 29.0 Å². The lowest BCUT2D eigenvalue weighted by Gasteiger charge is -2.22. The number of halogens is 2. The van der Waals surface area contributed by atoms with Gasteiger partial charge in [0.1, 0.15) is 10.7 Å². The Labute approximate surface area is 117 Å². The van der Waals surface area contributed by atoms with E-state index in [4.69, 9.17) is 16.9 Å². The van der Waals surface area contributed by atoms with Gasteiger partial charge in [-0.25, -0.2) is 12.8 Å². The molecule has 1 unspecified atom stereocenters. The summed E-state index contributed by atoms with van der Waals surface area (Å²) in [6.07, 6.45) is 0. The second-order valence-corrected chi connectivity index (χ2v) is 6.37. The van der Waals surface area contributed by atoms with Crippen LogP contribution in [0.2, 0.25) is 5.02 Å². The van der Waals surface area contributed by atoms with Crippen LogP contribution in [0.3, 0.4) is 0 Å². The lowest BCUT2D eigenvalue weighted by Crippen LogP contribution is -2.34. The van der Waals surface area contributed by atoms with Crippen LogP contribution in [0.15, 0.2) is 23.1 Å². The molecule has 1 rings (SSSR count). The first-order valence-corrected chi connectivity index (χ1v) is 7.49. The maximum Gasteiger partial charge on any atom is 0.244 e. The van der Waals surface area contributed by atoms with Crippen LogP contribution in [0.4, 0.5) is 4.39 Å². The molecule has 0 amide bonds. The monoisotopic (exact) mass is 304 g/mol. The Bertz CT molecular complexity index is 598. The van der Waals surface area contributed by atoms with Gasteiger partial charge in [0.05, 0.1) is 17.0 Å². The van der Waals surface area contributed by atoms with E-state index in [1.807, 2.05) is 6.07 Å². The van der Waals surface area contributed by atoms with Crippen molar-refractivity contribution in [1.29, 1.82) is 5.26 Å². The average Bonchev–Trinajstić information content (AvgIpc) is 2.37. The molecule has 0 spiro atoms. The zero-order valence-electron chi connectivity index (χ0n) is 10.6. The molecule has 104 valence electrons. The zero-order valence-corrected chi connectivity index (χ0v) is 12.2. The van der Waals surface area contributed by atoms with Crippen LogP contribution in [-0.4, -0.2) is 25.8 Å². The number of nitriles is 1. The Morgan fingerprint density at radius 2 is 2.16 bits per heavy atom. The Kier molecular flexibility index (Phi) is 5.29. The van der Waals surface area contributed by atoms with Gasteiger partial charge >= 0.3 is 0 Å². The Balaban J connectivity index is 3.21. The zero-order chi connectivity index (χ0) is 14.6. The predicted octanol–water partition coefficient (Wildman–Crippen LogP) is 2.65. The minimum atomic E-state index is -3.90. The van der Waals surface area contributed by atoms with E-state index in [1.54, 1.807) is 13.8 Å². The van der Waals surface area contributed by atoms with Gasteiger partial charge in [0.15, 0.2) is 0 Å². The normalized spacial score (nSPS) is 13.3. The van der Waals surface area contributed by atoms with E-state index in [0.29, 0.717) is 0 Å². The summed E-state index contributed by atoms with van der Waals surface area (Å²) in [4.78, 5) is -0.277. The molecule has 0 aromatic heterocycles. The number of hydrogen-bond donors (Lipinski definition) is 0. The van der Waals surface area contributed by atoms with Gasteiger partial charge in [0.2, 0.25) is 10.0 Å². The molecule has 4 nitrogen and oxygen atoms in total. The standard InChI is InChI=1S/C12H14ClFN2O2S/c1-3-16(8-9(2)7-15)19(17,18)12-6-10(14)4-5-11(12)13/h4-6,9H,3,8H2,1-2H3. The van der Waals surface area contributed by atoms with E-state index in [0.717, 1.165) is 16.4 Å². The van der Waals surface area contributed by atoms with Crippen molar-refractivity contribution in [3.8, 4) is 6.07 Å². The quantitative estimate of drug-likeness (QED) is 0.840. The fraction of sp³-hybridized carbons (Fsp3) is 0.417. The highest BCUT2D eigenvalue weighted by Gasteiger charge is 2.27. The highest BCUT2D eigenvalue weighted by atomic mass is 35.5. The fourth-order valence-electron chi connectivity index (χ4n) is 1.56. The summed E-state index contributed by atoms with van der Waals surface area (Å²) in [5.74, 6) is -1.13. The van der Waals surface area contributed by atoms with Gasteiger partial charge in [0, 0.05) is 13.1 Å². The largest absolute Gasteiger partial charge is 0.244 e. The van der Waals surface area contributed by atoms with Crippen molar-refractivity contribution < 1.29 is 12.8 Å². The van der Waals surface area contributed by atoms with Crippen molar-refractivity contribution >= 4 is 21.6 Å². The van der Waals surface area contributed by atoms with E-state index in [9.17, 15) is 12.8 Å². The maximum atomic E-state index is 13.2. The third-order valence-electron chi connectivity index (χ3n) is 2.56. The molecule has 0 radical (unpaired) electrons. The number of hydrogen-bond acceptors (Lipinski definition) is 3. The minimum Gasteiger partial charge on any atom is -0.207 e. The lowest BCUT2D eigenvalue weighted by molar-refractivity contribution is 0.399. The minimum absolute atomic E-state index is 0.0375. The number of rotatable bonds is 5. The van der Waals surface area contributed by atoms with Crippen LogP contribution in [-0.2, 0) is 10.0 Å². The molecule has 0 bridgehead atoms. The molecule has 0 saturated carbocycles. The van der Waals surface area contributed by atoms with Gasteiger partial charge in [-0.2, -0.15) is 9.57 Å². The van der Waals surface area contributed by atoms with Crippen LogP contribution in [0.25, 0.3) is 0 Å². The second-order valence-electron chi connectivity index (χ2n) is 4.06. The highest BCUT2D eigenvalue weighted by Crippen LogP contribution is 2.25. The molecule has 1 aromatic carbocycles. The van der Waals surface area contributed by atoms with Gasteiger partial charge in [-0.05, 0) is 25.1 Å². The van der Waals surface area contributed by atoms with Gasteiger partial charge in [-0.15, -0.1) is 0 Å². The Morgan fingerprint density at radius 1 is 1.53 bits per heavy atom. The van der Waals surface area contributed by atoms with Gasteiger partial charge in [-0.1, -0.05) is 18.5 Å². The molecular formula is C12H14ClFN2O2S. The summed E-state index contributed by atoms with van der Waals surface area (Å²) in [5.41, 5.74) is 0. The molecule has 1 aromatic rings. The molecular weight excluding hydrogens is 291 g/mol. The number of nitrogens with zero attached hydrogens (tertiary/aromatic N) is 2. The topological polar surface area (TPSA) is 61.2 Å². The van der Waals surface area contributed by atoms with Crippen LogP contribution in [0.1, 0.15) is 13.8 Å². The first-order valence-electron chi connectivity index (χ1n) is 5.67. The third kappa shape index (κ3) is 3.66. The van der Waals surface area contributed by atoms with E-state index in [1.165, 1.54) is 6.07 Å². The van der Waals surface area contributed by atoms with Crippen molar-refractivity contribution in [3.63, 3.8) is 0 Å². The summed E-state index contributed by atoms with van der Waals surface area (Å²) in [7, 11) is -3.90. The molecule has 0 fully saturated rings. The van der Waals surface area contributed by atoms with Crippen molar-refractivity contribution in [2.45, 2.75) is 18.7 Å². The van der Waals surface area contributed by atoms with Crippen molar-refractivity contribution in [2.24, 2.45) is 5.92 Å². The van der Waals surface area contributed by atoms with Crippen molar-refractivity contribution in [2.75, 3.05) is 13.1 Å². The molecule has 0 saturated heterocycles. The van der Waals surface area contributed by atoms with Crippen LogP contribution >= 0.6 is 11.6 Å². The molecule has 0 heterocycles. The SMILES string of the molecule is CCN(CC(C)C#N)S(=O)(=O)c1cc(F)ccc1Cl. The highest BCUT2D eigenvalue weighted by molar-refractivity contribution is 7.89. The molecule has 7 heteroatoms. The van der Waals surface area contributed by atoms with E-state index < -0.39 is 21.8 Å². The predicted molar refractivity (Wildman–Crippen MR) is 70.6 cm³/mol. The van der Waals surface area contributed by atoms with Gasteiger partial charge in [-0.3, -0.25) is 0 Å². The molecule has 0 N–H and O–H groups in total. The maximum absolute atomic E-state index is 13.2. The average molecular weight is 305 g/mol. The van der Waals surface area contributed by atoms with Crippen LogP contribution in [0.5, 0.6) is 0 Å². The van der Waals surface area contributed by atoms with Crippen molar-refractivity contribution in [1.82, 2.24) is 4.31 Å². The summed E-state index contributed by atoms with van der Waals surface area (Å²) < 4.78 is 39.0. The smallest absolute Gasteiger partial charge is 0.207 e. The summed E-state index contributed by atoms with van der Waals surface area (Å²) in [6, 6.07) is 5.14. The summed E-state index contributed by atoms with van der Waals surface area (Å²) >= 11 is 5.81. The molecule has 19 heavy (non-hydrogen) atoms. The summed E-state index contributed by atoms with van der Waals surface area (Å²) in [5, 5.41) is 8.72. The lowest BCUT2D eigenvalue weighted by atomic mass is 10.2. The Hall–Kier alpha value is -1.16. The van der Waals surface area contributed by atoms with E-state index >= 15 is 0 Å². The molecule has 0 aliphatic heterocycles. The van der Waals surface area contributed by atoms with Gasteiger partial charge in [0.25, 0.3) is 0 Å². The van der Waals surface area contributed by atoms with E-state index in [-0.39, 0.29) is 23.0 Å². The van der Waals surface area contributed by atoms with Crippen LogP contribution in [0, 0.1) is 23.1 Å². The van der Waals surface area contributed by atoms with Crippen LogP contribution < -0.4 is 0 Å².